The summed E-state index contributed by atoms with van der Waals surface area (Å²) < 4.78 is 0. The van der Waals surface area contributed by atoms with Crippen molar-refractivity contribution in [1.29, 1.82) is 0 Å². The van der Waals surface area contributed by atoms with Crippen molar-refractivity contribution in [3.8, 4) is 5.75 Å². The molecule has 0 aromatic heterocycles. The number of benzene rings is 1. The minimum Gasteiger partial charge on any atom is -0.508 e. The molecule has 37 heavy (non-hydrogen) atoms. The fraction of sp³-hybridized carbons (Fsp3) is 0.500. The molecule has 0 spiro atoms. The number of fused-ring (bicyclic) bond motifs is 3. The van der Waals surface area contributed by atoms with Crippen LogP contribution in [0.5, 0.6) is 5.75 Å². The molecule has 3 aliphatic carbocycles. The molecule has 7 nitrogen and oxygen atoms in total. The number of hydrogen-bond acceptors (Lipinski definition) is 7. The quantitative estimate of drug-likeness (QED) is 0.335. The first-order valence-electron chi connectivity index (χ1n) is 12.8. The third-order valence-corrected chi connectivity index (χ3v) is 8.90. The van der Waals surface area contributed by atoms with Crippen molar-refractivity contribution in [2.75, 3.05) is 0 Å². The van der Waals surface area contributed by atoms with Crippen LogP contribution in [0.25, 0.3) is 5.76 Å². The summed E-state index contributed by atoms with van der Waals surface area (Å²) in [5, 5.41) is 45.9. The van der Waals surface area contributed by atoms with Gasteiger partial charge in [-0.05, 0) is 49.7 Å². The Morgan fingerprint density at radius 1 is 1.16 bits per heavy atom. The fourth-order valence-corrected chi connectivity index (χ4v) is 7.29. The minimum absolute atomic E-state index is 0.0834. The second-order valence-electron chi connectivity index (χ2n) is 11.8. The molecular weight excluding hydrogens is 472 g/mol. The van der Waals surface area contributed by atoms with Gasteiger partial charge in [0, 0.05) is 22.3 Å². The average molecular weight is 509 g/mol. The number of allylic oxidation sites excluding steroid dienone is 2. The molecular formula is C30H36O7. The molecule has 4 atom stereocenters. The molecule has 0 heterocycles. The van der Waals surface area contributed by atoms with Crippen LogP contribution < -0.4 is 0 Å². The van der Waals surface area contributed by atoms with Crippen LogP contribution in [0.2, 0.25) is 0 Å². The van der Waals surface area contributed by atoms with Crippen molar-refractivity contribution >= 4 is 23.1 Å². The van der Waals surface area contributed by atoms with Crippen LogP contribution >= 0.6 is 0 Å². The van der Waals surface area contributed by atoms with Gasteiger partial charge in [-0.15, -0.1) is 0 Å². The maximum absolute atomic E-state index is 14.2. The smallest absolute Gasteiger partial charge is 0.203 e. The maximum Gasteiger partial charge on any atom is 0.203 e. The summed E-state index contributed by atoms with van der Waals surface area (Å²) in [6, 6.07) is 3.60. The lowest BCUT2D eigenvalue weighted by molar-refractivity contribution is -0.178. The van der Waals surface area contributed by atoms with Crippen LogP contribution in [-0.2, 0) is 27.2 Å². The molecule has 0 amide bonds. The number of rotatable bonds is 5. The Bertz CT molecular complexity index is 1330. The highest BCUT2D eigenvalue weighted by Gasteiger charge is 2.72. The molecule has 1 aromatic rings. The molecule has 1 fully saturated rings. The van der Waals surface area contributed by atoms with Gasteiger partial charge in [-0.2, -0.15) is 0 Å². The van der Waals surface area contributed by atoms with Gasteiger partial charge in [0.1, 0.15) is 22.8 Å². The van der Waals surface area contributed by atoms with Crippen molar-refractivity contribution in [2.24, 2.45) is 22.7 Å². The van der Waals surface area contributed by atoms with Gasteiger partial charge in [0.15, 0.2) is 17.2 Å². The normalized spacial score (nSPS) is 31.3. The van der Waals surface area contributed by atoms with E-state index in [1.807, 2.05) is 13.0 Å². The Kier molecular flexibility index (Phi) is 6.11. The first-order chi connectivity index (χ1) is 17.1. The lowest BCUT2D eigenvalue weighted by atomic mass is 9.43. The van der Waals surface area contributed by atoms with Crippen LogP contribution in [0.15, 0.2) is 41.2 Å². The number of carbonyl (C=O) groups excluding carboxylic acids is 3. The van der Waals surface area contributed by atoms with Crippen molar-refractivity contribution in [1.82, 2.24) is 0 Å². The van der Waals surface area contributed by atoms with E-state index in [9.17, 15) is 34.8 Å². The number of aliphatic hydroxyl groups is 3. The SMILES string of the molecule is C=C(CC)Cc1ccc2c(c1O)C(O)=C1C(=O)[C@@]3(O)C(O)=C(C(C)=O)C(=O)C(C(C)C)[C@@]3(C)C[C@@]1(C)C2. The average Bonchev–Trinajstić information content (AvgIpc) is 2.77. The van der Waals surface area contributed by atoms with E-state index in [0.717, 1.165) is 12.5 Å². The molecule has 1 saturated carbocycles. The molecule has 1 aromatic carbocycles. The highest BCUT2D eigenvalue weighted by Crippen LogP contribution is 2.65. The van der Waals surface area contributed by atoms with E-state index in [-0.39, 0.29) is 35.6 Å². The van der Waals surface area contributed by atoms with Crippen LogP contribution in [0.1, 0.15) is 71.1 Å². The van der Waals surface area contributed by atoms with Gasteiger partial charge in [0.25, 0.3) is 0 Å². The molecule has 1 unspecified atom stereocenters. The molecule has 0 aliphatic heterocycles. The number of phenolic OH excluding ortho intramolecular Hbond substituents is 1. The topological polar surface area (TPSA) is 132 Å². The Labute approximate surface area is 217 Å². The van der Waals surface area contributed by atoms with Crippen LogP contribution in [0.3, 0.4) is 0 Å². The summed E-state index contributed by atoms with van der Waals surface area (Å²) in [6.07, 6.45) is 1.46. The van der Waals surface area contributed by atoms with Crippen molar-refractivity contribution < 1.29 is 34.8 Å². The first-order valence-corrected chi connectivity index (χ1v) is 12.8. The van der Waals surface area contributed by atoms with Crippen LogP contribution in [0.4, 0.5) is 0 Å². The van der Waals surface area contributed by atoms with E-state index in [1.165, 1.54) is 0 Å². The zero-order chi connectivity index (χ0) is 27.8. The van der Waals surface area contributed by atoms with Gasteiger partial charge in [-0.1, -0.05) is 58.9 Å². The monoisotopic (exact) mass is 508 g/mol. The molecule has 4 N–H and O–H groups in total. The van der Waals surface area contributed by atoms with E-state index in [1.54, 1.807) is 33.8 Å². The molecule has 3 aliphatic rings. The molecule has 198 valence electrons. The number of phenols is 1. The van der Waals surface area contributed by atoms with Crippen molar-refractivity contribution in [2.45, 2.75) is 72.8 Å². The van der Waals surface area contributed by atoms with Crippen molar-refractivity contribution in [3.63, 3.8) is 0 Å². The largest absolute Gasteiger partial charge is 0.508 e. The third-order valence-electron chi connectivity index (χ3n) is 8.90. The number of aliphatic hydroxyl groups excluding tert-OH is 2. The summed E-state index contributed by atoms with van der Waals surface area (Å²) in [5.74, 6) is -5.13. The predicted octanol–water partition coefficient (Wildman–Crippen LogP) is 4.70. The predicted molar refractivity (Wildman–Crippen MR) is 139 cm³/mol. The standard InChI is InChI=1S/C30H36O7/c1-8-15(4)11-17-9-10-18-12-28(6)13-29(7)21(14(2)3)24(33)19(16(5)31)26(35)30(29,37)27(36)22(28)25(34)20(18)23(17)32/h9-10,14,21,32,34-35,37H,4,8,11-13H2,1-3,5-7H3/t21?,28-,29-,30+/m1/s1. The molecule has 4 rings (SSSR count). The van der Waals surface area contributed by atoms with Gasteiger partial charge in [0.2, 0.25) is 5.78 Å². The number of Topliss-reactive ketones (excluding diaryl/α,β-unsaturated/α-hetero) is 3. The summed E-state index contributed by atoms with van der Waals surface area (Å²) >= 11 is 0. The minimum atomic E-state index is -2.60. The van der Waals surface area contributed by atoms with E-state index in [4.69, 9.17) is 0 Å². The molecule has 0 saturated heterocycles. The summed E-state index contributed by atoms with van der Waals surface area (Å²) in [4.78, 5) is 40.1. The summed E-state index contributed by atoms with van der Waals surface area (Å²) in [6.45, 7) is 14.0. The first kappa shape index (κ1) is 26.9. The van der Waals surface area contributed by atoms with E-state index in [2.05, 4.69) is 6.58 Å². The zero-order valence-electron chi connectivity index (χ0n) is 22.4. The van der Waals surface area contributed by atoms with Gasteiger partial charge < -0.3 is 20.4 Å². The van der Waals surface area contributed by atoms with E-state index >= 15 is 0 Å². The van der Waals surface area contributed by atoms with Gasteiger partial charge in [0.05, 0.1) is 5.56 Å². The van der Waals surface area contributed by atoms with E-state index in [0.29, 0.717) is 24.0 Å². The van der Waals surface area contributed by atoms with Crippen molar-refractivity contribution in [3.05, 3.63) is 57.9 Å². The number of aromatic hydroxyl groups is 1. The Morgan fingerprint density at radius 2 is 1.78 bits per heavy atom. The Hall–Kier alpha value is -3.19. The third kappa shape index (κ3) is 3.39. The van der Waals surface area contributed by atoms with Gasteiger partial charge in [-0.25, -0.2) is 0 Å². The van der Waals surface area contributed by atoms with Crippen LogP contribution in [-0.4, -0.2) is 43.4 Å². The Morgan fingerprint density at radius 3 is 2.32 bits per heavy atom. The molecule has 7 heteroatoms. The highest BCUT2D eigenvalue weighted by molar-refractivity contribution is 6.24. The number of hydrogen-bond donors (Lipinski definition) is 4. The van der Waals surface area contributed by atoms with Crippen LogP contribution in [0, 0.1) is 22.7 Å². The molecule has 0 radical (unpaired) electrons. The fourth-order valence-electron chi connectivity index (χ4n) is 7.29. The number of ketones is 3. The summed E-state index contributed by atoms with van der Waals surface area (Å²) in [7, 11) is 0. The number of carbonyl (C=O) groups is 3. The molecule has 0 bridgehead atoms. The van der Waals surface area contributed by atoms with Gasteiger partial charge in [-0.3, -0.25) is 14.4 Å². The highest BCUT2D eigenvalue weighted by atomic mass is 16.3. The zero-order valence-corrected chi connectivity index (χ0v) is 22.4. The second-order valence-corrected chi connectivity index (χ2v) is 11.8. The lowest BCUT2D eigenvalue weighted by Crippen LogP contribution is -2.69. The second kappa shape index (κ2) is 8.42. The lowest BCUT2D eigenvalue weighted by Gasteiger charge is -2.59. The van der Waals surface area contributed by atoms with E-state index < -0.39 is 56.8 Å². The van der Waals surface area contributed by atoms with Gasteiger partial charge >= 0.3 is 0 Å². The maximum atomic E-state index is 14.2. The summed E-state index contributed by atoms with van der Waals surface area (Å²) in [5.41, 5.74) is -3.53. The Balaban J connectivity index is 2.02.